The predicted octanol–water partition coefficient (Wildman–Crippen LogP) is 3.77. The Morgan fingerprint density at radius 3 is 2.32 bits per heavy atom. The molecule has 0 saturated carbocycles. The highest BCUT2D eigenvalue weighted by atomic mass is 15.1. The maximum absolute atomic E-state index is 3.50. The number of hydrogen-bond acceptors (Lipinski definition) is 2. The minimum absolute atomic E-state index is 0.386. The molecule has 1 aliphatic heterocycles. The van der Waals surface area contributed by atoms with Crippen LogP contribution in [0.2, 0.25) is 0 Å². The average Bonchev–Trinajstić information content (AvgIpc) is 2.51. The summed E-state index contributed by atoms with van der Waals surface area (Å²) in [4.78, 5) is 2.70. The first-order valence-corrected chi connectivity index (χ1v) is 8.18. The van der Waals surface area contributed by atoms with Gasteiger partial charge in [0.25, 0.3) is 0 Å². The second-order valence-corrected chi connectivity index (χ2v) is 8.21. The first kappa shape index (κ1) is 17.0. The summed E-state index contributed by atoms with van der Waals surface area (Å²) in [6.07, 6.45) is 4.16. The van der Waals surface area contributed by atoms with Gasteiger partial charge in [-0.3, -0.25) is 0 Å². The summed E-state index contributed by atoms with van der Waals surface area (Å²) in [6.45, 7) is 20.2. The largest absolute Gasteiger partial charge is 0.316 e. The van der Waals surface area contributed by atoms with Crippen molar-refractivity contribution in [3.63, 3.8) is 0 Å². The van der Waals surface area contributed by atoms with Crippen molar-refractivity contribution in [2.75, 3.05) is 32.7 Å². The van der Waals surface area contributed by atoms with Gasteiger partial charge in [0.15, 0.2) is 0 Å². The van der Waals surface area contributed by atoms with Crippen molar-refractivity contribution < 1.29 is 0 Å². The minimum atomic E-state index is 0.386. The molecule has 19 heavy (non-hydrogen) atoms. The summed E-state index contributed by atoms with van der Waals surface area (Å²) in [5, 5.41) is 3.50. The first-order chi connectivity index (χ1) is 8.74. The van der Waals surface area contributed by atoms with Crippen molar-refractivity contribution in [2.24, 2.45) is 16.7 Å². The minimum Gasteiger partial charge on any atom is -0.316 e. The molecule has 1 N–H and O–H groups in total. The molecule has 1 heterocycles. The molecule has 0 aromatic heterocycles. The van der Waals surface area contributed by atoms with Gasteiger partial charge in [-0.05, 0) is 55.6 Å². The fraction of sp³-hybridized carbons (Fsp3) is 1.00. The van der Waals surface area contributed by atoms with Gasteiger partial charge in [0, 0.05) is 13.1 Å². The number of likely N-dealkylation sites (tertiary alicyclic amines) is 1. The smallest absolute Gasteiger partial charge is 0.00448 e. The molecule has 0 aliphatic carbocycles. The van der Waals surface area contributed by atoms with Crippen LogP contribution in [0.4, 0.5) is 0 Å². The van der Waals surface area contributed by atoms with Crippen molar-refractivity contribution in [3.05, 3.63) is 0 Å². The molecule has 114 valence electrons. The molecular weight excluding hydrogens is 232 g/mol. The van der Waals surface area contributed by atoms with Gasteiger partial charge in [-0.25, -0.2) is 0 Å². The van der Waals surface area contributed by atoms with Gasteiger partial charge in [-0.1, -0.05) is 41.5 Å². The van der Waals surface area contributed by atoms with Crippen LogP contribution in [-0.4, -0.2) is 37.6 Å². The molecular formula is C17H36N2. The van der Waals surface area contributed by atoms with Crippen molar-refractivity contribution in [1.82, 2.24) is 10.2 Å². The van der Waals surface area contributed by atoms with Crippen LogP contribution in [-0.2, 0) is 0 Å². The second kappa shape index (κ2) is 7.08. The zero-order chi connectivity index (χ0) is 14.5. The number of nitrogens with zero attached hydrogens (tertiary/aromatic N) is 1. The van der Waals surface area contributed by atoms with E-state index in [4.69, 9.17) is 0 Å². The highest BCUT2D eigenvalue weighted by Gasteiger charge is 2.29. The van der Waals surface area contributed by atoms with Crippen LogP contribution in [0.25, 0.3) is 0 Å². The average molecular weight is 268 g/mol. The molecule has 1 atom stereocenters. The summed E-state index contributed by atoms with van der Waals surface area (Å²) in [6, 6.07) is 0. The third-order valence-electron chi connectivity index (χ3n) is 4.55. The zero-order valence-electron chi connectivity index (χ0n) is 14.2. The molecule has 1 unspecified atom stereocenters. The Kier molecular flexibility index (Phi) is 6.32. The molecule has 0 radical (unpaired) electrons. The highest BCUT2D eigenvalue weighted by Crippen LogP contribution is 2.34. The van der Waals surface area contributed by atoms with E-state index in [1.807, 2.05) is 0 Å². The Labute approximate surface area is 121 Å². The van der Waals surface area contributed by atoms with Crippen LogP contribution in [0.15, 0.2) is 0 Å². The van der Waals surface area contributed by atoms with Crippen LogP contribution in [0.3, 0.4) is 0 Å². The lowest BCUT2D eigenvalue weighted by atomic mass is 9.77. The van der Waals surface area contributed by atoms with E-state index in [0.717, 1.165) is 19.0 Å². The van der Waals surface area contributed by atoms with Gasteiger partial charge < -0.3 is 10.2 Å². The van der Waals surface area contributed by atoms with E-state index < -0.39 is 0 Å². The van der Waals surface area contributed by atoms with Crippen molar-refractivity contribution >= 4 is 0 Å². The van der Waals surface area contributed by atoms with Gasteiger partial charge in [0.1, 0.15) is 0 Å². The van der Waals surface area contributed by atoms with Crippen LogP contribution in [0.5, 0.6) is 0 Å². The number of hydrogen-bond donors (Lipinski definition) is 1. The maximum atomic E-state index is 3.50. The Bertz CT molecular complexity index is 252. The molecule has 1 rings (SSSR count). The summed E-state index contributed by atoms with van der Waals surface area (Å²) < 4.78 is 0. The highest BCUT2D eigenvalue weighted by molar-refractivity contribution is 4.82. The molecule has 2 nitrogen and oxygen atoms in total. The van der Waals surface area contributed by atoms with Crippen LogP contribution in [0, 0.1) is 16.7 Å². The summed E-state index contributed by atoms with van der Waals surface area (Å²) in [5.74, 6) is 0.898. The molecule has 2 heteroatoms. The maximum Gasteiger partial charge on any atom is 0.00448 e. The molecule has 0 bridgehead atoms. The lowest BCUT2D eigenvalue weighted by Gasteiger charge is -2.33. The quantitative estimate of drug-likeness (QED) is 0.816. The van der Waals surface area contributed by atoms with Gasteiger partial charge in [0.05, 0.1) is 0 Å². The summed E-state index contributed by atoms with van der Waals surface area (Å²) in [5.41, 5.74) is 0.868. The third kappa shape index (κ3) is 6.27. The second-order valence-electron chi connectivity index (χ2n) is 8.21. The van der Waals surface area contributed by atoms with Gasteiger partial charge in [0.2, 0.25) is 0 Å². The Morgan fingerprint density at radius 1 is 1.05 bits per heavy atom. The van der Waals surface area contributed by atoms with E-state index in [2.05, 4.69) is 51.8 Å². The zero-order valence-corrected chi connectivity index (χ0v) is 14.2. The van der Waals surface area contributed by atoms with E-state index in [9.17, 15) is 0 Å². The molecule has 0 aromatic rings. The summed E-state index contributed by atoms with van der Waals surface area (Å²) in [7, 11) is 0. The SMILES string of the molecule is CCNCC(C)(C)CN1CCCC(C(C)(C)C)CC1. The molecule has 1 saturated heterocycles. The van der Waals surface area contributed by atoms with Crippen LogP contribution < -0.4 is 5.32 Å². The number of nitrogens with one attached hydrogen (secondary N) is 1. The number of rotatable bonds is 5. The lowest BCUT2D eigenvalue weighted by Crippen LogP contribution is -2.41. The standard InChI is InChI=1S/C17H36N2/c1-7-18-13-17(5,6)14-19-11-8-9-15(10-12-19)16(2,3)4/h15,18H,7-14H2,1-6H3. The Morgan fingerprint density at radius 2 is 1.74 bits per heavy atom. The fourth-order valence-corrected chi connectivity index (χ4v) is 3.30. The molecule has 1 fully saturated rings. The van der Waals surface area contributed by atoms with Gasteiger partial charge in [-0.15, -0.1) is 0 Å². The molecule has 1 aliphatic rings. The first-order valence-electron chi connectivity index (χ1n) is 8.18. The van der Waals surface area contributed by atoms with Gasteiger partial charge >= 0.3 is 0 Å². The van der Waals surface area contributed by atoms with Crippen LogP contribution in [0.1, 0.15) is 60.8 Å². The molecule has 0 spiro atoms. The van der Waals surface area contributed by atoms with E-state index in [1.165, 1.54) is 38.9 Å². The van der Waals surface area contributed by atoms with E-state index in [-0.39, 0.29) is 0 Å². The fourth-order valence-electron chi connectivity index (χ4n) is 3.30. The Balaban J connectivity index is 2.45. The van der Waals surface area contributed by atoms with E-state index >= 15 is 0 Å². The normalized spacial score (nSPS) is 23.4. The molecule has 0 amide bonds. The Hall–Kier alpha value is -0.0800. The van der Waals surface area contributed by atoms with E-state index in [1.54, 1.807) is 0 Å². The monoisotopic (exact) mass is 268 g/mol. The van der Waals surface area contributed by atoms with Crippen molar-refractivity contribution in [3.8, 4) is 0 Å². The predicted molar refractivity (Wildman–Crippen MR) is 85.6 cm³/mol. The van der Waals surface area contributed by atoms with Crippen molar-refractivity contribution in [2.45, 2.75) is 60.8 Å². The van der Waals surface area contributed by atoms with Gasteiger partial charge in [-0.2, -0.15) is 0 Å². The third-order valence-corrected chi connectivity index (χ3v) is 4.55. The topological polar surface area (TPSA) is 15.3 Å². The summed E-state index contributed by atoms with van der Waals surface area (Å²) >= 11 is 0. The van der Waals surface area contributed by atoms with Crippen LogP contribution >= 0.6 is 0 Å². The molecule has 0 aromatic carbocycles. The van der Waals surface area contributed by atoms with Crippen molar-refractivity contribution in [1.29, 1.82) is 0 Å². The lowest BCUT2D eigenvalue weighted by molar-refractivity contribution is 0.168. The van der Waals surface area contributed by atoms with E-state index in [0.29, 0.717) is 10.8 Å².